The van der Waals surface area contributed by atoms with Crippen LogP contribution in [0.5, 0.6) is 0 Å². The first-order valence-corrected chi connectivity index (χ1v) is 3.41. The molecule has 0 unspecified atom stereocenters. The fourth-order valence-corrected chi connectivity index (χ4v) is 0.417. The van der Waals surface area contributed by atoms with Crippen molar-refractivity contribution in [3.05, 3.63) is 12.3 Å². The van der Waals surface area contributed by atoms with E-state index < -0.39 is 17.9 Å². The van der Waals surface area contributed by atoms with E-state index in [0.29, 0.717) is 0 Å². The molecule has 0 aromatic rings. The van der Waals surface area contributed by atoms with Crippen LogP contribution < -0.4 is 0 Å². The maximum atomic E-state index is 12.2. The van der Waals surface area contributed by atoms with Gasteiger partial charge in [-0.2, -0.15) is 22.0 Å². The third-order valence-corrected chi connectivity index (χ3v) is 1.11. The largest absolute Gasteiger partial charge is 0.504 e. The molecule has 0 aliphatic carbocycles. The molecule has 0 bridgehead atoms. The van der Waals surface area contributed by atoms with Gasteiger partial charge >= 0.3 is 12.1 Å². The number of methoxy groups -OCH3 is 1. The Morgan fingerprint density at radius 3 is 2.20 bits per heavy atom. The Labute approximate surface area is 81.7 Å². The number of rotatable bonds is 2. The molecule has 0 spiro atoms. The summed E-state index contributed by atoms with van der Waals surface area (Å²) < 4.78 is 63.4. The minimum atomic E-state index is -5.93. The monoisotopic (exact) mass is 228 g/mol. The Kier molecular flexibility index (Phi) is 4.27. The average Bonchev–Trinajstić information content (AvgIpc) is 2.10. The van der Waals surface area contributed by atoms with Crippen LogP contribution in [0.1, 0.15) is 0 Å². The molecule has 0 aliphatic rings. The predicted octanol–water partition coefficient (Wildman–Crippen LogP) is 1.92. The number of allylic oxidation sites excluding steroid dienone is 1. The Bertz CT molecular complexity index is 318. The summed E-state index contributed by atoms with van der Waals surface area (Å²) in [6.07, 6.45) is -4.18. The van der Waals surface area contributed by atoms with Crippen molar-refractivity contribution in [2.24, 2.45) is 0 Å². The highest BCUT2D eigenvalue weighted by molar-refractivity contribution is 6.01. The summed E-state index contributed by atoms with van der Waals surface area (Å²) in [6.45, 7) is 0. The minimum absolute atomic E-state index is 0.824. The molecule has 0 radical (unpaired) electrons. The van der Waals surface area contributed by atoms with E-state index in [9.17, 15) is 26.7 Å². The SMILES string of the molecule is CO/C=C\C#CC(=O)C(F)(F)C(F)(F)F. The molecule has 0 saturated heterocycles. The second-order valence-electron chi connectivity index (χ2n) is 2.21. The molecule has 0 rings (SSSR count). The quantitative estimate of drug-likeness (QED) is 0.312. The summed E-state index contributed by atoms with van der Waals surface area (Å²) >= 11 is 0. The van der Waals surface area contributed by atoms with Crippen LogP contribution in [0, 0.1) is 11.8 Å². The highest BCUT2D eigenvalue weighted by atomic mass is 19.4. The first-order chi connectivity index (χ1) is 6.73. The molecule has 0 aliphatic heterocycles. The second kappa shape index (κ2) is 4.77. The van der Waals surface area contributed by atoms with Gasteiger partial charge in [0, 0.05) is 6.08 Å². The zero-order chi connectivity index (χ0) is 12.1. The lowest BCUT2D eigenvalue weighted by atomic mass is 10.2. The Morgan fingerprint density at radius 1 is 1.27 bits per heavy atom. The lowest BCUT2D eigenvalue weighted by Gasteiger charge is -2.14. The molecule has 0 fully saturated rings. The Balaban J connectivity index is 4.71. The van der Waals surface area contributed by atoms with Crippen LogP contribution in [0.25, 0.3) is 0 Å². The number of alkyl halides is 5. The fourth-order valence-electron chi connectivity index (χ4n) is 0.417. The Morgan fingerprint density at radius 2 is 1.80 bits per heavy atom. The molecule has 0 aromatic carbocycles. The van der Waals surface area contributed by atoms with Crippen LogP contribution in [0.3, 0.4) is 0 Å². The number of hydrogen-bond donors (Lipinski definition) is 0. The maximum Gasteiger partial charge on any atom is 0.462 e. The molecular weight excluding hydrogens is 223 g/mol. The van der Waals surface area contributed by atoms with E-state index in [1.54, 1.807) is 5.92 Å². The molecule has 0 amide bonds. The van der Waals surface area contributed by atoms with Gasteiger partial charge in [-0.15, -0.1) is 0 Å². The number of ketones is 1. The van der Waals surface area contributed by atoms with Crippen LogP contribution in [0.2, 0.25) is 0 Å². The molecule has 7 heteroatoms. The van der Waals surface area contributed by atoms with Crippen LogP contribution in [0.4, 0.5) is 22.0 Å². The normalized spacial score (nSPS) is 12.1. The predicted molar refractivity (Wildman–Crippen MR) is 39.9 cm³/mol. The molecule has 0 N–H and O–H groups in total. The van der Waals surface area contributed by atoms with Crippen molar-refractivity contribution >= 4 is 5.78 Å². The number of halogens is 5. The lowest BCUT2D eigenvalue weighted by molar-refractivity contribution is -0.265. The van der Waals surface area contributed by atoms with Crippen molar-refractivity contribution in [2.45, 2.75) is 12.1 Å². The van der Waals surface area contributed by atoms with Gasteiger partial charge < -0.3 is 4.74 Å². The van der Waals surface area contributed by atoms with Crippen LogP contribution in [-0.2, 0) is 9.53 Å². The molecule has 84 valence electrons. The molecule has 0 atom stereocenters. The first-order valence-electron chi connectivity index (χ1n) is 3.41. The van der Waals surface area contributed by atoms with Gasteiger partial charge in [-0.05, 0) is 5.92 Å². The number of hydrogen-bond acceptors (Lipinski definition) is 2. The van der Waals surface area contributed by atoms with Crippen molar-refractivity contribution in [3.63, 3.8) is 0 Å². The van der Waals surface area contributed by atoms with E-state index in [1.165, 1.54) is 7.11 Å². The van der Waals surface area contributed by atoms with Gasteiger partial charge in [-0.3, -0.25) is 4.79 Å². The summed E-state index contributed by atoms with van der Waals surface area (Å²) in [6, 6.07) is 0. The summed E-state index contributed by atoms with van der Waals surface area (Å²) in [7, 11) is 1.21. The van der Waals surface area contributed by atoms with Gasteiger partial charge in [-0.25, -0.2) is 0 Å². The van der Waals surface area contributed by atoms with Crippen molar-refractivity contribution in [3.8, 4) is 11.8 Å². The zero-order valence-corrected chi connectivity index (χ0v) is 7.36. The van der Waals surface area contributed by atoms with Gasteiger partial charge in [0.2, 0.25) is 0 Å². The van der Waals surface area contributed by atoms with E-state index >= 15 is 0 Å². The molecule has 0 saturated carbocycles. The van der Waals surface area contributed by atoms with Crippen molar-refractivity contribution < 1.29 is 31.5 Å². The van der Waals surface area contributed by atoms with Crippen LogP contribution in [-0.4, -0.2) is 25.0 Å². The summed E-state index contributed by atoms with van der Waals surface area (Å²) in [4.78, 5) is 10.4. The molecule has 0 heterocycles. The van der Waals surface area contributed by atoms with E-state index in [-0.39, 0.29) is 0 Å². The summed E-state index contributed by atoms with van der Waals surface area (Å²) in [5, 5.41) is 0. The standard InChI is InChI=1S/C8H5F5O2/c1-15-5-3-2-4-6(14)7(9,10)8(11,12)13/h3,5H,1H3/b5-3-. The summed E-state index contributed by atoms with van der Waals surface area (Å²) in [5.41, 5.74) is 0. The fraction of sp³-hybridized carbons (Fsp3) is 0.375. The summed E-state index contributed by atoms with van der Waals surface area (Å²) in [5.74, 6) is -5.13. The molecule has 15 heavy (non-hydrogen) atoms. The third-order valence-electron chi connectivity index (χ3n) is 1.11. The van der Waals surface area contributed by atoms with E-state index in [1.807, 2.05) is 0 Å². The maximum absolute atomic E-state index is 12.2. The van der Waals surface area contributed by atoms with Crippen LogP contribution in [0.15, 0.2) is 12.3 Å². The van der Waals surface area contributed by atoms with Crippen LogP contribution >= 0.6 is 0 Å². The number of Topliss-reactive ketones (excluding diaryl/α,β-unsaturated/α-hetero) is 1. The highest BCUT2D eigenvalue weighted by Crippen LogP contribution is 2.35. The Hall–Kier alpha value is -1.58. The zero-order valence-electron chi connectivity index (χ0n) is 7.36. The second-order valence-corrected chi connectivity index (χ2v) is 2.21. The topological polar surface area (TPSA) is 26.3 Å². The molecule has 0 aromatic heterocycles. The van der Waals surface area contributed by atoms with E-state index in [2.05, 4.69) is 4.74 Å². The lowest BCUT2D eigenvalue weighted by Crippen LogP contribution is -2.43. The average molecular weight is 228 g/mol. The van der Waals surface area contributed by atoms with E-state index in [0.717, 1.165) is 18.3 Å². The van der Waals surface area contributed by atoms with Crippen molar-refractivity contribution in [2.75, 3.05) is 7.11 Å². The van der Waals surface area contributed by atoms with Gasteiger partial charge in [0.25, 0.3) is 5.78 Å². The van der Waals surface area contributed by atoms with Gasteiger partial charge in [-0.1, -0.05) is 5.92 Å². The smallest absolute Gasteiger partial charge is 0.462 e. The number of carbonyl (C=O) groups is 1. The van der Waals surface area contributed by atoms with Crippen molar-refractivity contribution in [1.29, 1.82) is 0 Å². The number of ether oxygens (including phenoxy) is 1. The highest BCUT2D eigenvalue weighted by Gasteiger charge is 2.62. The van der Waals surface area contributed by atoms with Gasteiger partial charge in [0.1, 0.15) is 0 Å². The van der Waals surface area contributed by atoms with Gasteiger partial charge in [0.15, 0.2) is 0 Å². The first kappa shape index (κ1) is 13.4. The molecular formula is C8H5F5O2. The molecule has 2 nitrogen and oxygen atoms in total. The van der Waals surface area contributed by atoms with Crippen molar-refractivity contribution in [1.82, 2.24) is 0 Å². The third kappa shape index (κ3) is 3.58. The van der Waals surface area contributed by atoms with E-state index in [4.69, 9.17) is 0 Å². The number of carbonyl (C=O) groups excluding carboxylic acids is 1. The minimum Gasteiger partial charge on any atom is -0.504 e. The van der Waals surface area contributed by atoms with Gasteiger partial charge in [0.05, 0.1) is 13.4 Å².